The van der Waals surface area contributed by atoms with Crippen LogP contribution in [0.3, 0.4) is 0 Å². The fourth-order valence-electron chi connectivity index (χ4n) is 2.39. The van der Waals surface area contributed by atoms with Gasteiger partial charge in [-0.05, 0) is 27.7 Å². The minimum absolute atomic E-state index is 0.107. The van der Waals surface area contributed by atoms with Gasteiger partial charge in [0.25, 0.3) is 0 Å². The van der Waals surface area contributed by atoms with E-state index >= 15 is 0 Å². The van der Waals surface area contributed by atoms with Crippen LogP contribution >= 0.6 is 0 Å². The number of carbonyl (C=O) groups is 1. The first-order valence-electron chi connectivity index (χ1n) is 9.33. The van der Waals surface area contributed by atoms with Gasteiger partial charge in [0.15, 0.2) is 11.5 Å². The summed E-state index contributed by atoms with van der Waals surface area (Å²) in [6.07, 6.45) is 1.62. The number of carbonyl (C=O) groups excluding carboxylic acids is 1. The Morgan fingerprint density at radius 3 is 2.29 bits per heavy atom. The molecule has 1 amide bonds. The molecule has 2 aromatic rings. The number of hydrogen-bond donors (Lipinski definition) is 2. The summed E-state index contributed by atoms with van der Waals surface area (Å²) in [4.78, 5) is 24.2. The normalized spacial score (nSPS) is 11.8. The van der Waals surface area contributed by atoms with Crippen molar-refractivity contribution in [3.05, 3.63) is 6.33 Å². The number of hydrogen-bond acceptors (Lipinski definition) is 8. The van der Waals surface area contributed by atoms with E-state index in [1.165, 1.54) is 6.92 Å². The van der Waals surface area contributed by atoms with Crippen LogP contribution in [0.15, 0.2) is 6.33 Å². The first-order chi connectivity index (χ1) is 13.3. The monoisotopic (exact) mass is 394 g/mol. The van der Waals surface area contributed by atoms with Gasteiger partial charge in [0, 0.05) is 14.0 Å². The van der Waals surface area contributed by atoms with E-state index in [4.69, 9.17) is 14.2 Å². The molecule has 0 aliphatic heterocycles. The molecule has 0 saturated heterocycles. The van der Waals surface area contributed by atoms with Crippen LogP contribution in [0.4, 0.5) is 11.8 Å². The summed E-state index contributed by atoms with van der Waals surface area (Å²) < 4.78 is 19.2. The van der Waals surface area contributed by atoms with Gasteiger partial charge in [0.1, 0.15) is 18.4 Å². The van der Waals surface area contributed by atoms with E-state index < -0.39 is 0 Å². The zero-order valence-electron chi connectivity index (χ0n) is 17.4. The quantitative estimate of drug-likeness (QED) is 0.595. The lowest BCUT2D eigenvalue weighted by molar-refractivity contribution is -0.114. The van der Waals surface area contributed by atoms with Crippen molar-refractivity contribution in [3.63, 3.8) is 0 Å². The van der Waals surface area contributed by atoms with Gasteiger partial charge in [-0.15, -0.1) is 0 Å². The molecule has 2 N–H and O–H groups in total. The minimum atomic E-state index is -0.248. The van der Waals surface area contributed by atoms with Crippen LogP contribution in [0.25, 0.3) is 11.2 Å². The van der Waals surface area contributed by atoms with E-state index in [0.29, 0.717) is 30.2 Å². The molecule has 156 valence electrons. The molecular formula is C18H30N6O4. The van der Waals surface area contributed by atoms with E-state index in [1.54, 1.807) is 17.9 Å². The topological polar surface area (TPSA) is 112 Å². The maximum Gasteiger partial charge on any atom is 0.233 e. The Hall–Kier alpha value is -2.30. The number of fused-ring (bicyclic) bond motifs is 1. The molecule has 2 aromatic heterocycles. The van der Waals surface area contributed by atoms with Crippen LogP contribution in [-0.4, -0.2) is 64.0 Å². The van der Waals surface area contributed by atoms with Crippen molar-refractivity contribution in [2.24, 2.45) is 0 Å². The van der Waals surface area contributed by atoms with Crippen LogP contribution in [0.2, 0.25) is 0 Å². The zero-order chi connectivity index (χ0) is 20.7. The number of nitrogens with one attached hydrogen (secondary N) is 2. The van der Waals surface area contributed by atoms with Crippen molar-refractivity contribution in [3.8, 4) is 0 Å². The van der Waals surface area contributed by atoms with Gasteiger partial charge in [0.05, 0.1) is 31.7 Å². The lowest BCUT2D eigenvalue weighted by Gasteiger charge is -2.21. The summed E-state index contributed by atoms with van der Waals surface area (Å²) in [5.74, 6) is 0.495. The minimum Gasteiger partial charge on any atom is -0.376 e. The van der Waals surface area contributed by atoms with Crippen molar-refractivity contribution < 1.29 is 19.0 Å². The van der Waals surface area contributed by atoms with Crippen LogP contribution < -0.4 is 10.6 Å². The van der Waals surface area contributed by atoms with E-state index in [-0.39, 0.29) is 36.9 Å². The van der Waals surface area contributed by atoms with E-state index in [1.807, 2.05) is 27.7 Å². The number of amides is 1. The van der Waals surface area contributed by atoms with Gasteiger partial charge in [0.2, 0.25) is 11.9 Å². The van der Waals surface area contributed by atoms with Crippen LogP contribution in [0.1, 0.15) is 34.6 Å². The van der Waals surface area contributed by atoms with E-state index in [9.17, 15) is 4.79 Å². The highest BCUT2D eigenvalue weighted by atomic mass is 16.6. The average Bonchev–Trinajstić information content (AvgIpc) is 3.02. The van der Waals surface area contributed by atoms with Crippen LogP contribution in [-0.2, 0) is 25.7 Å². The molecule has 0 atom stereocenters. The first-order valence-corrected chi connectivity index (χ1v) is 9.33. The number of nitrogens with zero attached hydrogens (tertiary/aromatic N) is 4. The predicted molar refractivity (Wildman–Crippen MR) is 106 cm³/mol. The maximum absolute atomic E-state index is 11.3. The van der Waals surface area contributed by atoms with Crippen LogP contribution in [0.5, 0.6) is 0 Å². The highest BCUT2D eigenvalue weighted by Crippen LogP contribution is 2.21. The SMILES string of the molecule is CNc1nc(NC(C)=O)nc2ncn(COC(COC(C)C)COC(C)C)c12. The van der Waals surface area contributed by atoms with Crippen molar-refractivity contribution in [2.75, 3.05) is 30.9 Å². The fourth-order valence-corrected chi connectivity index (χ4v) is 2.39. The molecule has 0 bridgehead atoms. The second-order valence-electron chi connectivity index (χ2n) is 6.90. The first kappa shape index (κ1) is 22.0. The third kappa shape index (κ3) is 6.39. The fraction of sp³-hybridized carbons (Fsp3) is 0.667. The molecule has 0 aliphatic rings. The standard InChI is InChI=1S/C18H30N6O4/c1-11(2)26-7-14(8-27-12(3)4)28-10-24-9-20-17-15(24)16(19-6)22-18(23-17)21-13(5)25/h9,11-12,14H,7-8,10H2,1-6H3,(H2,19,21,22,23,25). The molecule has 0 fully saturated rings. The van der Waals surface area contributed by atoms with Gasteiger partial charge in [-0.1, -0.05) is 0 Å². The van der Waals surface area contributed by atoms with Crippen molar-refractivity contribution in [1.82, 2.24) is 19.5 Å². The van der Waals surface area contributed by atoms with Gasteiger partial charge in [-0.2, -0.15) is 9.97 Å². The summed E-state index contributed by atoms with van der Waals surface area (Å²) in [6, 6.07) is 0. The lowest BCUT2D eigenvalue weighted by Crippen LogP contribution is -2.29. The highest BCUT2D eigenvalue weighted by Gasteiger charge is 2.16. The van der Waals surface area contributed by atoms with Gasteiger partial charge in [-0.25, -0.2) is 4.98 Å². The smallest absolute Gasteiger partial charge is 0.233 e. The number of ether oxygens (including phenoxy) is 3. The molecule has 0 aliphatic carbocycles. The summed E-state index contributed by atoms with van der Waals surface area (Å²) in [5, 5.41) is 5.58. The Labute approximate surface area is 165 Å². The van der Waals surface area contributed by atoms with Gasteiger partial charge in [-0.3, -0.25) is 10.1 Å². The third-order valence-corrected chi connectivity index (χ3v) is 3.68. The van der Waals surface area contributed by atoms with Crippen LogP contribution in [0, 0.1) is 0 Å². The van der Waals surface area contributed by atoms with Crippen molar-refractivity contribution in [1.29, 1.82) is 0 Å². The zero-order valence-corrected chi connectivity index (χ0v) is 17.4. The second kappa shape index (κ2) is 10.3. The lowest BCUT2D eigenvalue weighted by atomic mass is 10.3. The molecule has 0 unspecified atom stereocenters. The molecule has 28 heavy (non-hydrogen) atoms. The summed E-state index contributed by atoms with van der Waals surface area (Å²) in [5.41, 5.74) is 1.14. The van der Waals surface area contributed by atoms with Crippen molar-refractivity contribution >= 4 is 28.8 Å². The van der Waals surface area contributed by atoms with Crippen molar-refractivity contribution in [2.45, 2.75) is 59.7 Å². The summed E-state index contributed by atoms with van der Waals surface area (Å²) >= 11 is 0. The average molecular weight is 394 g/mol. The Morgan fingerprint density at radius 2 is 1.75 bits per heavy atom. The molecule has 0 aromatic carbocycles. The molecule has 10 nitrogen and oxygen atoms in total. The highest BCUT2D eigenvalue weighted by molar-refractivity contribution is 5.90. The Bertz CT molecular complexity index is 765. The predicted octanol–water partition coefficient (Wildman–Crippen LogP) is 2.02. The van der Waals surface area contributed by atoms with Gasteiger partial charge < -0.3 is 24.1 Å². The number of anilines is 2. The molecule has 10 heteroatoms. The summed E-state index contributed by atoms with van der Waals surface area (Å²) in [7, 11) is 1.74. The number of imidazole rings is 1. The van der Waals surface area contributed by atoms with E-state index in [2.05, 4.69) is 25.6 Å². The largest absolute Gasteiger partial charge is 0.376 e. The molecular weight excluding hydrogens is 364 g/mol. The second-order valence-corrected chi connectivity index (χ2v) is 6.90. The molecule has 2 heterocycles. The molecule has 2 rings (SSSR count). The summed E-state index contributed by atoms with van der Waals surface area (Å²) in [6.45, 7) is 10.4. The number of rotatable bonds is 11. The Balaban J connectivity index is 2.15. The maximum atomic E-state index is 11.3. The third-order valence-electron chi connectivity index (χ3n) is 3.68. The van der Waals surface area contributed by atoms with Gasteiger partial charge >= 0.3 is 0 Å². The molecule has 0 spiro atoms. The Morgan fingerprint density at radius 1 is 1.11 bits per heavy atom. The Kier molecular flexibility index (Phi) is 8.09. The molecule has 0 radical (unpaired) electrons. The number of aromatic nitrogens is 4. The van der Waals surface area contributed by atoms with E-state index in [0.717, 1.165) is 0 Å². The molecule has 0 saturated carbocycles.